The first-order chi connectivity index (χ1) is 10.4. The number of hydrogen-bond donors (Lipinski definition) is 1. The van der Waals surface area contributed by atoms with Gasteiger partial charge in [-0.15, -0.1) is 0 Å². The number of fused-ring (bicyclic) bond motifs is 3. The summed E-state index contributed by atoms with van der Waals surface area (Å²) < 4.78 is 7.59. The van der Waals surface area contributed by atoms with E-state index >= 15 is 0 Å². The van der Waals surface area contributed by atoms with E-state index in [0.717, 1.165) is 26.3 Å². The van der Waals surface area contributed by atoms with E-state index in [1.165, 1.54) is 27.4 Å². The summed E-state index contributed by atoms with van der Waals surface area (Å²) in [6.07, 6.45) is 0. The number of benzene rings is 2. The van der Waals surface area contributed by atoms with Crippen molar-refractivity contribution in [1.82, 2.24) is 9.88 Å². The van der Waals surface area contributed by atoms with Crippen LogP contribution in [0.1, 0.15) is 12.5 Å². The largest absolute Gasteiger partial charge is 0.378 e. The Morgan fingerprint density at radius 3 is 2.67 bits per heavy atom. The highest BCUT2D eigenvalue weighted by Crippen LogP contribution is 2.29. The molecule has 2 heterocycles. The molecular weight excluding hydrogens is 260 g/mol. The summed E-state index contributed by atoms with van der Waals surface area (Å²) in [6, 6.07) is 16.0. The lowest BCUT2D eigenvalue weighted by Crippen LogP contribution is -2.45. The molecule has 21 heavy (non-hydrogen) atoms. The van der Waals surface area contributed by atoms with Gasteiger partial charge in [-0.25, -0.2) is 0 Å². The van der Waals surface area contributed by atoms with Crippen LogP contribution < -0.4 is 5.32 Å². The predicted molar refractivity (Wildman–Crippen MR) is 86.6 cm³/mol. The number of aryl methyl sites for hydroxylation is 1. The smallest absolute Gasteiger partial charge is 0.0643 e. The molecule has 1 fully saturated rings. The molecule has 1 saturated heterocycles. The van der Waals surface area contributed by atoms with Crippen molar-refractivity contribution in [2.45, 2.75) is 26.1 Å². The van der Waals surface area contributed by atoms with Gasteiger partial charge in [0.05, 0.1) is 19.3 Å². The van der Waals surface area contributed by atoms with Crippen molar-refractivity contribution in [1.29, 1.82) is 0 Å². The molecule has 0 amide bonds. The maximum Gasteiger partial charge on any atom is 0.0643 e. The Labute approximate surface area is 124 Å². The van der Waals surface area contributed by atoms with Gasteiger partial charge in [-0.3, -0.25) is 0 Å². The summed E-state index contributed by atoms with van der Waals surface area (Å²) in [6.45, 7) is 5.81. The number of aromatic nitrogens is 1. The molecule has 0 atom stereocenters. The van der Waals surface area contributed by atoms with Gasteiger partial charge in [0.15, 0.2) is 0 Å². The molecule has 1 N–H and O–H groups in total. The van der Waals surface area contributed by atoms with Crippen molar-refractivity contribution in [2.24, 2.45) is 0 Å². The van der Waals surface area contributed by atoms with Crippen molar-refractivity contribution in [2.75, 3.05) is 13.2 Å². The van der Waals surface area contributed by atoms with Crippen molar-refractivity contribution in [3.05, 3.63) is 48.0 Å². The third-order valence-electron chi connectivity index (χ3n) is 4.39. The van der Waals surface area contributed by atoms with Gasteiger partial charge in [-0.05, 0) is 30.7 Å². The van der Waals surface area contributed by atoms with E-state index in [2.05, 4.69) is 59.3 Å². The van der Waals surface area contributed by atoms with E-state index in [1.807, 2.05) is 0 Å². The average Bonchev–Trinajstić information content (AvgIpc) is 2.79. The van der Waals surface area contributed by atoms with Gasteiger partial charge >= 0.3 is 0 Å². The molecule has 0 bridgehead atoms. The van der Waals surface area contributed by atoms with Crippen LogP contribution in [0.3, 0.4) is 0 Å². The van der Waals surface area contributed by atoms with Gasteiger partial charge < -0.3 is 14.6 Å². The summed E-state index contributed by atoms with van der Waals surface area (Å²) in [4.78, 5) is 0. The second-order valence-corrected chi connectivity index (χ2v) is 5.73. The minimum absolute atomic E-state index is 0.526. The van der Waals surface area contributed by atoms with Gasteiger partial charge in [0.25, 0.3) is 0 Å². The van der Waals surface area contributed by atoms with Crippen molar-refractivity contribution in [3.63, 3.8) is 0 Å². The van der Waals surface area contributed by atoms with Gasteiger partial charge in [0, 0.05) is 34.9 Å². The third kappa shape index (κ3) is 2.13. The maximum absolute atomic E-state index is 5.20. The fourth-order valence-electron chi connectivity index (χ4n) is 3.17. The highest BCUT2D eigenvalue weighted by Gasteiger charge is 2.17. The van der Waals surface area contributed by atoms with Gasteiger partial charge in [0.1, 0.15) is 0 Å². The Morgan fingerprint density at radius 1 is 1.10 bits per heavy atom. The highest BCUT2D eigenvalue weighted by molar-refractivity contribution is 6.08. The highest BCUT2D eigenvalue weighted by atomic mass is 16.5. The topological polar surface area (TPSA) is 26.2 Å². The molecule has 3 aromatic rings. The van der Waals surface area contributed by atoms with Crippen LogP contribution in [-0.2, 0) is 17.8 Å². The van der Waals surface area contributed by atoms with Crippen LogP contribution in [0.15, 0.2) is 42.5 Å². The second-order valence-electron chi connectivity index (χ2n) is 5.73. The lowest BCUT2D eigenvalue weighted by Gasteiger charge is -2.27. The summed E-state index contributed by atoms with van der Waals surface area (Å²) in [5.74, 6) is 0. The molecular formula is C18H20N2O. The average molecular weight is 280 g/mol. The Kier molecular flexibility index (Phi) is 3.17. The number of para-hydroxylation sites is 1. The van der Waals surface area contributed by atoms with Crippen LogP contribution in [-0.4, -0.2) is 23.8 Å². The van der Waals surface area contributed by atoms with Crippen LogP contribution in [0.2, 0.25) is 0 Å². The number of hydrogen-bond acceptors (Lipinski definition) is 2. The fraction of sp³-hybridized carbons (Fsp3) is 0.333. The SMILES string of the molecule is CCn1c2ccccc2c2cc(CNC3COC3)ccc21. The summed E-state index contributed by atoms with van der Waals surface area (Å²) in [5.41, 5.74) is 4.00. The molecule has 0 aliphatic carbocycles. The number of ether oxygens (including phenoxy) is 1. The van der Waals surface area contributed by atoms with Crippen LogP contribution in [0.4, 0.5) is 0 Å². The van der Waals surface area contributed by atoms with E-state index < -0.39 is 0 Å². The van der Waals surface area contributed by atoms with Crippen LogP contribution in [0.25, 0.3) is 21.8 Å². The van der Waals surface area contributed by atoms with Crippen LogP contribution in [0.5, 0.6) is 0 Å². The molecule has 0 radical (unpaired) electrons. The minimum Gasteiger partial charge on any atom is -0.378 e. The van der Waals surface area contributed by atoms with E-state index in [4.69, 9.17) is 4.74 Å². The van der Waals surface area contributed by atoms with Crippen molar-refractivity contribution in [3.8, 4) is 0 Å². The first kappa shape index (κ1) is 12.9. The molecule has 0 unspecified atom stereocenters. The zero-order chi connectivity index (χ0) is 14.2. The van der Waals surface area contributed by atoms with Gasteiger partial charge in [0.2, 0.25) is 0 Å². The predicted octanol–water partition coefficient (Wildman–Crippen LogP) is 3.30. The van der Waals surface area contributed by atoms with E-state index in [9.17, 15) is 0 Å². The minimum atomic E-state index is 0.526. The molecule has 1 aromatic heterocycles. The molecule has 0 spiro atoms. The van der Waals surface area contributed by atoms with Crippen LogP contribution in [0, 0.1) is 0 Å². The summed E-state index contributed by atoms with van der Waals surface area (Å²) >= 11 is 0. The lowest BCUT2D eigenvalue weighted by atomic mass is 10.1. The number of rotatable bonds is 4. The number of nitrogens with zero attached hydrogens (tertiary/aromatic N) is 1. The first-order valence-corrected chi connectivity index (χ1v) is 7.68. The number of nitrogens with one attached hydrogen (secondary N) is 1. The third-order valence-corrected chi connectivity index (χ3v) is 4.39. The molecule has 1 aliphatic heterocycles. The molecule has 108 valence electrons. The molecule has 2 aromatic carbocycles. The Bertz CT molecular complexity index is 786. The van der Waals surface area contributed by atoms with Crippen molar-refractivity contribution < 1.29 is 4.74 Å². The molecule has 1 aliphatic rings. The second kappa shape index (κ2) is 5.17. The normalized spacial score (nSPS) is 15.7. The quantitative estimate of drug-likeness (QED) is 0.793. The van der Waals surface area contributed by atoms with Crippen molar-refractivity contribution >= 4 is 21.8 Å². The molecule has 3 nitrogen and oxygen atoms in total. The van der Waals surface area contributed by atoms with Crippen LogP contribution >= 0.6 is 0 Å². The zero-order valence-corrected chi connectivity index (χ0v) is 12.3. The monoisotopic (exact) mass is 280 g/mol. The van der Waals surface area contributed by atoms with E-state index in [0.29, 0.717) is 6.04 Å². The van der Waals surface area contributed by atoms with E-state index in [1.54, 1.807) is 0 Å². The summed E-state index contributed by atoms with van der Waals surface area (Å²) in [5, 5.41) is 6.25. The Morgan fingerprint density at radius 2 is 1.90 bits per heavy atom. The summed E-state index contributed by atoms with van der Waals surface area (Å²) in [7, 11) is 0. The maximum atomic E-state index is 5.20. The standard InChI is InChI=1S/C18H20N2O/c1-2-20-17-6-4-3-5-15(17)16-9-13(7-8-18(16)20)10-19-14-11-21-12-14/h3-9,14,19H,2,10-12H2,1H3. The van der Waals surface area contributed by atoms with E-state index in [-0.39, 0.29) is 0 Å². The van der Waals surface area contributed by atoms with Gasteiger partial charge in [-0.1, -0.05) is 24.3 Å². The first-order valence-electron chi connectivity index (χ1n) is 7.68. The molecule has 3 heteroatoms. The lowest BCUT2D eigenvalue weighted by molar-refractivity contribution is -0.00578. The Balaban J connectivity index is 1.77. The van der Waals surface area contributed by atoms with Gasteiger partial charge in [-0.2, -0.15) is 0 Å². The Hall–Kier alpha value is -1.84. The zero-order valence-electron chi connectivity index (χ0n) is 12.3. The fourth-order valence-corrected chi connectivity index (χ4v) is 3.17. The molecule has 4 rings (SSSR count). The molecule has 0 saturated carbocycles.